The zero-order chi connectivity index (χ0) is 36.7. The molecular formula is C53H37NS. The van der Waals surface area contributed by atoms with E-state index >= 15 is 0 Å². The zero-order valence-electron chi connectivity index (χ0n) is 30.8. The minimum absolute atomic E-state index is 0.100. The zero-order valence-corrected chi connectivity index (χ0v) is 31.6. The Morgan fingerprint density at radius 1 is 0.382 bits per heavy atom. The van der Waals surface area contributed by atoms with E-state index in [0.29, 0.717) is 0 Å². The molecule has 11 rings (SSSR count). The second kappa shape index (κ2) is 12.3. The van der Waals surface area contributed by atoms with Gasteiger partial charge in [0.25, 0.3) is 0 Å². The number of anilines is 3. The van der Waals surface area contributed by atoms with Gasteiger partial charge in [0, 0.05) is 42.6 Å². The number of benzene rings is 9. The van der Waals surface area contributed by atoms with Crippen LogP contribution in [0, 0.1) is 0 Å². The van der Waals surface area contributed by atoms with Gasteiger partial charge in [0.1, 0.15) is 0 Å². The van der Waals surface area contributed by atoms with E-state index in [1.807, 2.05) is 11.3 Å². The number of rotatable bonds is 5. The minimum atomic E-state index is -0.100. The van der Waals surface area contributed by atoms with Crippen molar-refractivity contribution in [2.75, 3.05) is 4.90 Å². The van der Waals surface area contributed by atoms with Gasteiger partial charge in [0.2, 0.25) is 0 Å². The van der Waals surface area contributed by atoms with Crippen LogP contribution < -0.4 is 4.90 Å². The molecule has 0 amide bonds. The molecule has 0 unspecified atom stereocenters. The monoisotopic (exact) mass is 719 g/mol. The van der Waals surface area contributed by atoms with Gasteiger partial charge in [-0.15, -0.1) is 11.3 Å². The molecular weight excluding hydrogens is 683 g/mol. The van der Waals surface area contributed by atoms with Crippen molar-refractivity contribution >= 4 is 70.1 Å². The first-order valence-electron chi connectivity index (χ1n) is 19.1. The maximum Gasteiger partial charge on any atom is 0.0468 e. The first kappa shape index (κ1) is 32.0. The van der Waals surface area contributed by atoms with Crippen LogP contribution in [-0.4, -0.2) is 0 Å². The van der Waals surface area contributed by atoms with Gasteiger partial charge in [-0.1, -0.05) is 147 Å². The number of hydrogen-bond donors (Lipinski definition) is 0. The summed E-state index contributed by atoms with van der Waals surface area (Å²) in [4.78, 5) is 2.45. The molecule has 0 atom stereocenters. The standard InChI is InChI=1S/C53H37NS/c1-53(2)48-21-9-8-18-44(48)45-28-26-41(33-49(45)53)54(40-27-29-50-47(32-40)46-30-37-14-6-7-15-38(37)31-51(46)55-50)39-24-22-35(23-25-39)43-20-11-17-36-16-10-19-42(52(36)43)34-12-4-3-5-13-34/h3-33H,1-2H3. The molecule has 0 saturated heterocycles. The molecule has 0 spiro atoms. The van der Waals surface area contributed by atoms with Crippen LogP contribution in [0.5, 0.6) is 0 Å². The van der Waals surface area contributed by atoms with E-state index in [1.165, 1.54) is 86.2 Å². The third-order valence-corrected chi connectivity index (χ3v) is 13.0. The molecule has 260 valence electrons. The maximum absolute atomic E-state index is 2.45. The summed E-state index contributed by atoms with van der Waals surface area (Å²) in [6.07, 6.45) is 0. The van der Waals surface area contributed by atoms with Gasteiger partial charge in [-0.25, -0.2) is 0 Å². The molecule has 0 radical (unpaired) electrons. The third-order valence-electron chi connectivity index (χ3n) is 11.8. The molecule has 1 nitrogen and oxygen atoms in total. The molecule has 1 aromatic heterocycles. The maximum atomic E-state index is 2.45. The second-order valence-electron chi connectivity index (χ2n) is 15.3. The lowest BCUT2D eigenvalue weighted by Crippen LogP contribution is -2.16. The number of fused-ring (bicyclic) bond motifs is 8. The Kier molecular flexibility index (Phi) is 7.14. The first-order chi connectivity index (χ1) is 27.0. The van der Waals surface area contributed by atoms with Crippen molar-refractivity contribution < 1.29 is 0 Å². The highest BCUT2D eigenvalue weighted by molar-refractivity contribution is 7.25. The van der Waals surface area contributed by atoms with Crippen molar-refractivity contribution in [1.29, 1.82) is 0 Å². The SMILES string of the molecule is CC1(C)c2ccccc2-c2ccc(N(c3ccc(-c4cccc5cccc(-c6ccccc6)c45)cc3)c3ccc4sc5cc6ccccc6cc5c4c3)cc21. The highest BCUT2D eigenvalue weighted by Crippen LogP contribution is 2.51. The van der Waals surface area contributed by atoms with E-state index < -0.39 is 0 Å². The third kappa shape index (κ3) is 5.06. The van der Waals surface area contributed by atoms with E-state index in [1.54, 1.807) is 0 Å². The van der Waals surface area contributed by atoms with Gasteiger partial charge in [0.15, 0.2) is 0 Å². The predicted octanol–water partition coefficient (Wildman–Crippen LogP) is 15.5. The number of hydrogen-bond acceptors (Lipinski definition) is 2. The second-order valence-corrected chi connectivity index (χ2v) is 16.4. The number of nitrogens with zero attached hydrogens (tertiary/aromatic N) is 1. The van der Waals surface area contributed by atoms with E-state index in [4.69, 9.17) is 0 Å². The highest BCUT2D eigenvalue weighted by atomic mass is 32.1. The van der Waals surface area contributed by atoms with Gasteiger partial charge in [-0.3, -0.25) is 0 Å². The fourth-order valence-corrected chi connectivity index (χ4v) is 10.2. The molecule has 55 heavy (non-hydrogen) atoms. The molecule has 1 aliphatic carbocycles. The van der Waals surface area contributed by atoms with Crippen LogP contribution in [0.25, 0.3) is 75.1 Å². The summed E-state index contributed by atoms with van der Waals surface area (Å²) in [5.41, 5.74) is 13.7. The summed E-state index contributed by atoms with van der Waals surface area (Å²) in [5.74, 6) is 0. The number of thiophene rings is 1. The van der Waals surface area contributed by atoms with Gasteiger partial charge in [-0.05, 0) is 121 Å². The average Bonchev–Trinajstić information content (AvgIpc) is 3.70. The van der Waals surface area contributed by atoms with Crippen molar-refractivity contribution in [2.45, 2.75) is 19.3 Å². The summed E-state index contributed by atoms with van der Waals surface area (Å²) < 4.78 is 2.63. The highest BCUT2D eigenvalue weighted by Gasteiger charge is 2.35. The lowest BCUT2D eigenvalue weighted by atomic mass is 9.82. The van der Waals surface area contributed by atoms with Crippen molar-refractivity contribution in [1.82, 2.24) is 0 Å². The minimum Gasteiger partial charge on any atom is -0.310 e. The summed E-state index contributed by atoms with van der Waals surface area (Å²) in [7, 11) is 0. The van der Waals surface area contributed by atoms with E-state index in [-0.39, 0.29) is 5.41 Å². The smallest absolute Gasteiger partial charge is 0.0468 e. The van der Waals surface area contributed by atoms with Crippen LogP contribution in [0.1, 0.15) is 25.0 Å². The first-order valence-corrected chi connectivity index (χ1v) is 19.9. The fourth-order valence-electron chi connectivity index (χ4n) is 9.10. The molecule has 0 saturated carbocycles. The van der Waals surface area contributed by atoms with Gasteiger partial charge >= 0.3 is 0 Å². The molecule has 1 heterocycles. The Labute approximate surface area is 325 Å². The van der Waals surface area contributed by atoms with Crippen LogP contribution in [0.2, 0.25) is 0 Å². The van der Waals surface area contributed by atoms with Gasteiger partial charge < -0.3 is 4.90 Å². The van der Waals surface area contributed by atoms with Crippen LogP contribution in [0.3, 0.4) is 0 Å². The van der Waals surface area contributed by atoms with E-state index in [9.17, 15) is 0 Å². The van der Waals surface area contributed by atoms with Crippen molar-refractivity contribution in [3.05, 3.63) is 199 Å². The Balaban J connectivity index is 1.09. The topological polar surface area (TPSA) is 3.24 Å². The Bertz CT molecular complexity index is 3110. The lowest BCUT2D eigenvalue weighted by molar-refractivity contribution is 0.660. The molecule has 10 aromatic rings. The largest absolute Gasteiger partial charge is 0.310 e. The predicted molar refractivity (Wildman–Crippen MR) is 237 cm³/mol. The van der Waals surface area contributed by atoms with Crippen LogP contribution in [0.15, 0.2) is 188 Å². The lowest BCUT2D eigenvalue weighted by Gasteiger charge is -2.28. The molecule has 0 aliphatic heterocycles. The Morgan fingerprint density at radius 2 is 0.945 bits per heavy atom. The van der Waals surface area contributed by atoms with E-state index in [0.717, 1.165) is 17.1 Å². The summed E-state index contributed by atoms with van der Waals surface area (Å²) in [6.45, 7) is 4.73. The normalized spacial score (nSPS) is 13.1. The average molecular weight is 720 g/mol. The fraction of sp³-hybridized carbons (Fsp3) is 0.0566. The molecule has 0 N–H and O–H groups in total. The van der Waals surface area contributed by atoms with Crippen LogP contribution >= 0.6 is 11.3 Å². The van der Waals surface area contributed by atoms with Crippen molar-refractivity contribution in [2.24, 2.45) is 0 Å². The quantitative estimate of drug-likeness (QED) is 0.171. The molecule has 0 fully saturated rings. The van der Waals surface area contributed by atoms with Crippen LogP contribution in [0.4, 0.5) is 17.1 Å². The summed E-state index contributed by atoms with van der Waals surface area (Å²) >= 11 is 1.88. The summed E-state index contributed by atoms with van der Waals surface area (Å²) in [5, 5.41) is 7.69. The van der Waals surface area contributed by atoms with Crippen molar-refractivity contribution in [3.63, 3.8) is 0 Å². The molecule has 9 aromatic carbocycles. The van der Waals surface area contributed by atoms with Crippen molar-refractivity contribution in [3.8, 4) is 33.4 Å². The summed E-state index contributed by atoms with van der Waals surface area (Å²) in [6, 6.07) is 69.7. The van der Waals surface area contributed by atoms with Gasteiger partial charge in [0.05, 0.1) is 0 Å². The Hall–Kier alpha value is -6.48. The van der Waals surface area contributed by atoms with E-state index in [2.05, 4.69) is 207 Å². The van der Waals surface area contributed by atoms with Crippen LogP contribution in [-0.2, 0) is 5.41 Å². The molecule has 0 bridgehead atoms. The molecule has 1 aliphatic rings. The van der Waals surface area contributed by atoms with Gasteiger partial charge in [-0.2, -0.15) is 0 Å². The Morgan fingerprint density at radius 3 is 1.73 bits per heavy atom. The molecule has 2 heteroatoms.